The quantitative estimate of drug-likeness (QED) is 0.655. The van der Waals surface area contributed by atoms with E-state index in [4.69, 9.17) is 5.11 Å². The van der Waals surface area contributed by atoms with Crippen molar-refractivity contribution in [1.82, 2.24) is 10.2 Å². The average molecular weight is 282 g/mol. The van der Waals surface area contributed by atoms with E-state index in [2.05, 4.69) is 10.1 Å². The summed E-state index contributed by atoms with van der Waals surface area (Å²) < 4.78 is 28.1. The summed E-state index contributed by atoms with van der Waals surface area (Å²) in [4.78, 5) is 24.0. The van der Waals surface area contributed by atoms with E-state index in [0.29, 0.717) is 0 Å². The average Bonchev–Trinajstić information content (AvgIpc) is 2.28. The number of alkyl halides is 2. The van der Waals surface area contributed by atoms with Crippen molar-refractivity contribution in [3.63, 3.8) is 0 Å². The second kappa shape index (κ2) is 7.88. The fourth-order valence-corrected chi connectivity index (χ4v) is 1.41. The van der Waals surface area contributed by atoms with Crippen LogP contribution in [0.15, 0.2) is 0 Å². The second-order valence-corrected chi connectivity index (χ2v) is 4.31. The zero-order valence-corrected chi connectivity index (χ0v) is 11.3. The Bertz CT molecular complexity index is 311. The Balaban J connectivity index is 4.20. The van der Waals surface area contributed by atoms with Crippen LogP contribution in [0.2, 0.25) is 0 Å². The number of likely N-dealkylation sites (N-methyl/N-ethyl adjacent to an activating group) is 1. The summed E-state index contributed by atoms with van der Waals surface area (Å²) in [5, 5.41) is 11.5. The van der Waals surface area contributed by atoms with Crippen molar-refractivity contribution >= 4 is 12.0 Å². The van der Waals surface area contributed by atoms with Gasteiger partial charge in [0.15, 0.2) is 0 Å². The van der Waals surface area contributed by atoms with Gasteiger partial charge < -0.3 is 20.1 Å². The van der Waals surface area contributed by atoms with E-state index >= 15 is 0 Å². The molecule has 0 fully saturated rings. The maximum atomic E-state index is 11.8. The van der Waals surface area contributed by atoms with Gasteiger partial charge in [-0.05, 0) is 20.8 Å². The lowest BCUT2D eigenvalue weighted by Crippen LogP contribution is -2.56. The summed E-state index contributed by atoms with van der Waals surface area (Å²) in [6.45, 7) is 3.98. The molecule has 19 heavy (non-hydrogen) atoms. The van der Waals surface area contributed by atoms with Gasteiger partial charge in [-0.1, -0.05) is 0 Å². The lowest BCUT2D eigenvalue weighted by Gasteiger charge is -2.34. The minimum Gasteiger partial charge on any atom is -0.480 e. The zero-order chi connectivity index (χ0) is 15.1. The minimum atomic E-state index is -2.55. The normalized spacial score (nSPS) is 11.5. The number of carbonyl (C=O) groups excluding carboxylic acids is 1. The highest BCUT2D eigenvalue weighted by Gasteiger charge is 2.36. The molecule has 0 radical (unpaired) electrons. The van der Waals surface area contributed by atoms with E-state index in [1.54, 1.807) is 6.92 Å². The second-order valence-electron chi connectivity index (χ2n) is 4.31. The monoisotopic (exact) mass is 282 g/mol. The number of carboxylic acid groups (broad SMARTS) is 1. The molecular formula is C11H20F2N2O4. The first kappa shape index (κ1) is 17.6. The van der Waals surface area contributed by atoms with E-state index in [9.17, 15) is 18.4 Å². The highest BCUT2D eigenvalue weighted by Crippen LogP contribution is 2.14. The molecule has 0 atom stereocenters. The van der Waals surface area contributed by atoms with Crippen LogP contribution < -0.4 is 5.32 Å². The lowest BCUT2D eigenvalue weighted by molar-refractivity contribution is -0.147. The number of ether oxygens (including phenoxy) is 1. The van der Waals surface area contributed by atoms with Gasteiger partial charge in [0.1, 0.15) is 12.1 Å². The van der Waals surface area contributed by atoms with Gasteiger partial charge in [0, 0.05) is 13.1 Å². The number of nitrogens with one attached hydrogen (secondary N) is 1. The summed E-state index contributed by atoms with van der Waals surface area (Å²) in [6.07, 6.45) is -2.55. The molecule has 0 aromatic heterocycles. The predicted molar refractivity (Wildman–Crippen MR) is 64.3 cm³/mol. The fraction of sp³-hybridized carbons (Fsp3) is 0.818. The summed E-state index contributed by atoms with van der Waals surface area (Å²) >= 11 is 0. The molecule has 112 valence electrons. The third kappa shape index (κ3) is 5.82. The number of urea groups is 1. The highest BCUT2D eigenvalue weighted by atomic mass is 19.3. The number of hydrogen-bond donors (Lipinski definition) is 2. The van der Waals surface area contributed by atoms with E-state index in [1.807, 2.05) is 0 Å². The molecule has 8 heteroatoms. The Kier molecular flexibility index (Phi) is 7.28. The van der Waals surface area contributed by atoms with Crippen LogP contribution in [0, 0.1) is 0 Å². The van der Waals surface area contributed by atoms with Crippen LogP contribution in [0.25, 0.3) is 0 Å². The number of amides is 2. The number of rotatable bonds is 8. The maximum absolute atomic E-state index is 11.8. The van der Waals surface area contributed by atoms with E-state index < -0.39 is 30.6 Å². The molecule has 0 saturated heterocycles. The molecule has 2 N–H and O–H groups in total. The number of nitrogens with zero attached hydrogens (tertiary/aromatic N) is 1. The summed E-state index contributed by atoms with van der Waals surface area (Å²) in [7, 11) is 0. The highest BCUT2D eigenvalue weighted by molar-refractivity contribution is 5.85. The first-order valence-electron chi connectivity index (χ1n) is 5.88. The fourth-order valence-electron chi connectivity index (χ4n) is 1.41. The third-order valence-corrected chi connectivity index (χ3v) is 2.53. The van der Waals surface area contributed by atoms with E-state index in [-0.39, 0.29) is 19.7 Å². The van der Waals surface area contributed by atoms with Gasteiger partial charge in [-0.15, -0.1) is 0 Å². The van der Waals surface area contributed by atoms with Crippen molar-refractivity contribution in [3.8, 4) is 0 Å². The van der Waals surface area contributed by atoms with Gasteiger partial charge in [-0.3, -0.25) is 0 Å². The van der Waals surface area contributed by atoms with Crippen molar-refractivity contribution in [2.45, 2.75) is 32.7 Å². The third-order valence-electron chi connectivity index (χ3n) is 2.53. The molecule has 6 nitrogen and oxygen atoms in total. The summed E-state index contributed by atoms with van der Waals surface area (Å²) in [5.41, 5.74) is -1.34. The van der Waals surface area contributed by atoms with Gasteiger partial charge >= 0.3 is 12.0 Å². The summed E-state index contributed by atoms with van der Waals surface area (Å²) in [6, 6.07) is -0.574. The smallest absolute Gasteiger partial charge is 0.329 e. The maximum Gasteiger partial charge on any atom is 0.329 e. The van der Waals surface area contributed by atoms with Gasteiger partial charge in [0.2, 0.25) is 0 Å². The number of aliphatic carboxylic acids is 1. The van der Waals surface area contributed by atoms with Crippen LogP contribution in [-0.2, 0) is 9.53 Å². The van der Waals surface area contributed by atoms with Gasteiger partial charge in [0.25, 0.3) is 6.43 Å². The first-order chi connectivity index (χ1) is 8.73. The van der Waals surface area contributed by atoms with Crippen LogP contribution >= 0.6 is 0 Å². The summed E-state index contributed by atoms with van der Waals surface area (Å²) in [5.74, 6) is -1.13. The number of carbonyl (C=O) groups is 2. The largest absolute Gasteiger partial charge is 0.480 e. The lowest BCUT2D eigenvalue weighted by atomic mass is 10.0. The SMILES string of the molecule is CCN(C(=O)NCCOCC(F)F)C(C)(C)C(=O)O. The predicted octanol–water partition coefficient (Wildman–Crippen LogP) is 1.16. The molecule has 0 aliphatic rings. The number of carboxylic acids is 1. The standard InChI is InChI=1S/C11H20F2N2O4/c1-4-15(11(2,3)9(16)17)10(18)14-5-6-19-7-8(12)13/h8H,4-7H2,1-3H3,(H,14,18)(H,16,17). The molecular weight excluding hydrogens is 262 g/mol. The minimum absolute atomic E-state index is 0.0394. The Morgan fingerprint density at radius 1 is 1.42 bits per heavy atom. The number of hydrogen-bond acceptors (Lipinski definition) is 3. The van der Waals surface area contributed by atoms with Crippen molar-refractivity contribution < 1.29 is 28.2 Å². The molecule has 0 saturated carbocycles. The Morgan fingerprint density at radius 2 is 2.00 bits per heavy atom. The Hall–Kier alpha value is -1.44. The van der Waals surface area contributed by atoms with Gasteiger partial charge in [0.05, 0.1) is 6.61 Å². The molecule has 0 rings (SSSR count). The van der Waals surface area contributed by atoms with E-state index in [0.717, 1.165) is 4.90 Å². The Labute approximate surface area is 110 Å². The van der Waals surface area contributed by atoms with Crippen LogP contribution in [0.5, 0.6) is 0 Å². The molecule has 2 amide bonds. The van der Waals surface area contributed by atoms with Gasteiger partial charge in [-0.25, -0.2) is 18.4 Å². The molecule has 0 aliphatic carbocycles. The van der Waals surface area contributed by atoms with Crippen LogP contribution in [-0.4, -0.2) is 60.3 Å². The molecule has 0 unspecified atom stereocenters. The molecule has 0 bridgehead atoms. The molecule has 0 aromatic carbocycles. The van der Waals surface area contributed by atoms with Crippen molar-refractivity contribution in [2.75, 3.05) is 26.3 Å². The van der Waals surface area contributed by atoms with Crippen molar-refractivity contribution in [1.29, 1.82) is 0 Å². The van der Waals surface area contributed by atoms with E-state index in [1.165, 1.54) is 13.8 Å². The molecule has 0 aliphatic heterocycles. The molecule has 0 aromatic rings. The zero-order valence-electron chi connectivity index (χ0n) is 11.3. The Morgan fingerprint density at radius 3 is 2.42 bits per heavy atom. The molecule has 0 spiro atoms. The van der Waals surface area contributed by atoms with Crippen molar-refractivity contribution in [3.05, 3.63) is 0 Å². The topological polar surface area (TPSA) is 78.9 Å². The number of halogens is 2. The van der Waals surface area contributed by atoms with Crippen molar-refractivity contribution in [2.24, 2.45) is 0 Å². The van der Waals surface area contributed by atoms with Crippen LogP contribution in [0.3, 0.4) is 0 Å². The van der Waals surface area contributed by atoms with Crippen LogP contribution in [0.4, 0.5) is 13.6 Å². The van der Waals surface area contributed by atoms with Gasteiger partial charge in [-0.2, -0.15) is 0 Å². The van der Waals surface area contributed by atoms with Crippen LogP contribution in [0.1, 0.15) is 20.8 Å². The molecule has 0 heterocycles. The first-order valence-corrected chi connectivity index (χ1v) is 5.88.